The van der Waals surface area contributed by atoms with E-state index < -0.39 is 0 Å². The van der Waals surface area contributed by atoms with E-state index in [0.717, 1.165) is 17.5 Å². The maximum Gasteiger partial charge on any atom is 0.194 e. The van der Waals surface area contributed by atoms with Gasteiger partial charge in [-0.2, -0.15) is 0 Å². The largest absolute Gasteiger partial charge is 0.289 e. The Bertz CT molecular complexity index is 491. The Morgan fingerprint density at radius 3 is 2.69 bits per heavy atom. The minimum atomic E-state index is 0.0468. The van der Waals surface area contributed by atoms with Gasteiger partial charge in [0, 0.05) is 23.5 Å². The van der Waals surface area contributed by atoms with E-state index >= 15 is 0 Å². The molecule has 16 heavy (non-hydrogen) atoms. The van der Waals surface area contributed by atoms with Crippen LogP contribution in [0.15, 0.2) is 48.8 Å². The van der Waals surface area contributed by atoms with Gasteiger partial charge >= 0.3 is 0 Å². The molecular weight excluding hydrogens is 198 g/mol. The number of rotatable bonds is 3. The van der Waals surface area contributed by atoms with Crippen molar-refractivity contribution in [2.45, 2.75) is 13.3 Å². The molecule has 2 rings (SSSR count). The number of nitrogens with zero attached hydrogens (tertiary/aromatic N) is 1. The quantitative estimate of drug-likeness (QED) is 0.731. The first-order valence-corrected chi connectivity index (χ1v) is 5.35. The second-order valence-electron chi connectivity index (χ2n) is 3.58. The zero-order valence-electron chi connectivity index (χ0n) is 9.18. The summed E-state index contributed by atoms with van der Waals surface area (Å²) in [6.07, 6.45) is 4.14. The topological polar surface area (TPSA) is 30.0 Å². The van der Waals surface area contributed by atoms with E-state index in [9.17, 15) is 4.79 Å². The van der Waals surface area contributed by atoms with Crippen molar-refractivity contribution in [1.82, 2.24) is 4.98 Å². The van der Waals surface area contributed by atoms with Crippen LogP contribution in [-0.4, -0.2) is 10.8 Å². The fraction of sp³-hybridized carbons (Fsp3) is 0.143. The van der Waals surface area contributed by atoms with Crippen LogP contribution in [0.3, 0.4) is 0 Å². The van der Waals surface area contributed by atoms with Crippen molar-refractivity contribution in [3.05, 3.63) is 65.5 Å². The van der Waals surface area contributed by atoms with Crippen LogP contribution in [0.2, 0.25) is 0 Å². The first kappa shape index (κ1) is 10.6. The summed E-state index contributed by atoms with van der Waals surface area (Å²) >= 11 is 0. The van der Waals surface area contributed by atoms with Crippen LogP contribution in [-0.2, 0) is 6.42 Å². The van der Waals surface area contributed by atoms with E-state index in [1.54, 1.807) is 24.5 Å². The molecule has 0 unspecified atom stereocenters. The van der Waals surface area contributed by atoms with E-state index in [2.05, 4.69) is 11.9 Å². The van der Waals surface area contributed by atoms with Crippen molar-refractivity contribution in [1.29, 1.82) is 0 Å². The second-order valence-corrected chi connectivity index (χ2v) is 3.58. The van der Waals surface area contributed by atoms with E-state index in [-0.39, 0.29) is 5.78 Å². The normalized spacial score (nSPS) is 10.1. The smallest absolute Gasteiger partial charge is 0.194 e. The molecule has 0 fully saturated rings. The summed E-state index contributed by atoms with van der Waals surface area (Å²) in [7, 11) is 0. The molecule has 0 radical (unpaired) electrons. The fourth-order valence-electron chi connectivity index (χ4n) is 1.70. The van der Waals surface area contributed by atoms with Gasteiger partial charge in [-0.15, -0.1) is 0 Å². The van der Waals surface area contributed by atoms with E-state index in [1.165, 1.54) is 0 Å². The summed E-state index contributed by atoms with van der Waals surface area (Å²) in [6.45, 7) is 2.05. The molecule has 0 N–H and O–H groups in total. The van der Waals surface area contributed by atoms with Crippen LogP contribution < -0.4 is 0 Å². The summed E-state index contributed by atoms with van der Waals surface area (Å²) in [5.74, 6) is 0.0468. The maximum atomic E-state index is 12.2. The van der Waals surface area contributed by atoms with Crippen molar-refractivity contribution in [3.8, 4) is 0 Å². The first-order chi connectivity index (χ1) is 7.83. The number of benzene rings is 1. The molecule has 80 valence electrons. The molecule has 0 amide bonds. The third kappa shape index (κ3) is 2.01. The number of carbonyl (C=O) groups is 1. The zero-order valence-corrected chi connectivity index (χ0v) is 9.18. The third-order valence-electron chi connectivity index (χ3n) is 2.57. The highest BCUT2D eigenvalue weighted by Gasteiger charge is 2.11. The lowest BCUT2D eigenvalue weighted by Crippen LogP contribution is -2.05. The Morgan fingerprint density at radius 1 is 1.19 bits per heavy atom. The summed E-state index contributed by atoms with van der Waals surface area (Å²) in [4.78, 5) is 16.2. The molecule has 0 spiro atoms. The summed E-state index contributed by atoms with van der Waals surface area (Å²) in [6, 6.07) is 11.3. The van der Waals surface area contributed by atoms with Gasteiger partial charge in [-0.1, -0.05) is 31.2 Å². The highest BCUT2D eigenvalue weighted by atomic mass is 16.1. The van der Waals surface area contributed by atoms with E-state index in [1.807, 2.05) is 24.3 Å². The van der Waals surface area contributed by atoms with Gasteiger partial charge < -0.3 is 0 Å². The first-order valence-electron chi connectivity index (χ1n) is 5.35. The average Bonchev–Trinajstić information content (AvgIpc) is 2.39. The number of aryl methyl sites for hydroxylation is 1. The highest BCUT2D eigenvalue weighted by Crippen LogP contribution is 2.14. The Hall–Kier alpha value is -1.96. The minimum absolute atomic E-state index is 0.0468. The Kier molecular flexibility index (Phi) is 3.10. The van der Waals surface area contributed by atoms with Gasteiger partial charge in [0.15, 0.2) is 5.78 Å². The Labute approximate surface area is 95.0 Å². The highest BCUT2D eigenvalue weighted by molar-refractivity contribution is 6.09. The molecule has 0 saturated heterocycles. The SMILES string of the molecule is CCc1ccccc1C(=O)c1cccnc1. The van der Waals surface area contributed by atoms with Crippen LogP contribution in [0.1, 0.15) is 28.4 Å². The van der Waals surface area contributed by atoms with E-state index in [4.69, 9.17) is 0 Å². The molecule has 0 saturated carbocycles. The van der Waals surface area contributed by atoms with Gasteiger partial charge in [0.05, 0.1) is 0 Å². The number of ketones is 1. The zero-order chi connectivity index (χ0) is 11.4. The van der Waals surface area contributed by atoms with Crippen molar-refractivity contribution in [3.63, 3.8) is 0 Å². The minimum Gasteiger partial charge on any atom is -0.289 e. The van der Waals surface area contributed by atoms with Crippen LogP contribution in [0, 0.1) is 0 Å². The van der Waals surface area contributed by atoms with Crippen LogP contribution in [0.4, 0.5) is 0 Å². The van der Waals surface area contributed by atoms with Crippen LogP contribution >= 0.6 is 0 Å². The van der Waals surface area contributed by atoms with Gasteiger partial charge in [-0.05, 0) is 24.1 Å². The number of aromatic nitrogens is 1. The van der Waals surface area contributed by atoms with Gasteiger partial charge in [-0.25, -0.2) is 0 Å². The van der Waals surface area contributed by atoms with Crippen molar-refractivity contribution >= 4 is 5.78 Å². The molecule has 0 aliphatic carbocycles. The number of hydrogen-bond acceptors (Lipinski definition) is 2. The molecule has 0 bridgehead atoms. The third-order valence-corrected chi connectivity index (χ3v) is 2.57. The molecule has 0 atom stereocenters. The predicted octanol–water partition coefficient (Wildman–Crippen LogP) is 2.88. The Balaban J connectivity index is 2.42. The number of pyridine rings is 1. The van der Waals surface area contributed by atoms with Crippen LogP contribution in [0.25, 0.3) is 0 Å². The number of hydrogen-bond donors (Lipinski definition) is 0. The van der Waals surface area contributed by atoms with Gasteiger partial charge in [0.25, 0.3) is 0 Å². The molecular formula is C14H13NO. The molecule has 0 aliphatic rings. The standard InChI is InChI=1S/C14H13NO/c1-2-11-6-3-4-8-13(11)14(16)12-7-5-9-15-10-12/h3-10H,2H2,1H3. The lowest BCUT2D eigenvalue weighted by atomic mass is 9.98. The summed E-state index contributed by atoms with van der Waals surface area (Å²) in [5, 5.41) is 0. The molecule has 1 aromatic carbocycles. The van der Waals surface area contributed by atoms with E-state index in [0.29, 0.717) is 5.56 Å². The van der Waals surface area contributed by atoms with Crippen molar-refractivity contribution < 1.29 is 4.79 Å². The molecule has 2 nitrogen and oxygen atoms in total. The molecule has 1 aromatic heterocycles. The second kappa shape index (κ2) is 4.71. The molecule has 1 heterocycles. The van der Waals surface area contributed by atoms with Crippen molar-refractivity contribution in [2.75, 3.05) is 0 Å². The lowest BCUT2D eigenvalue weighted by Gasteiger charge is -2.05. The molecule has 2 heteroatoms. The summed E-state index contributed by atoms with van der Waals surface area (Å²) < 4.78 is 0. The number of carbonyl (C=O) groups excluding carboxylic acids is 1. The maximum absolute atomic E-state index is 12.2. The van der Waals surface area contributed by atoms with Gasteiger partial charge in [0.2, 0.25) is 0 Å². The molecule has 2 aromatic rings. The monoisotopic (exact) mass is 211 g/mol. The predicted molar refractivity (Wildman–Crippen MR) is 63.5 cm³/mol. The van der Waals surface area contributed by atoms with Gasteiger partial charge in [0.1, 0.15) is 0 Å². The Morgan fingerprint density at radius 2 is 2.00 bits per heavy atom. The average molecular weight is 211 g/mol. The van der Waals surface area contributed by atoms with Crippen LogP contribution in [0.5, 0.6) is 0 Å². The lowest BCUT2D eigenvalue weighted by molar-refractivity contribution is 0.103. The van der Waals surface area contributed by atoms with Crippen molar-refractivity contribution in [2.24, 2.45) is 0 Å². The fourth-order valence-corrected chi connectivity index (χ4v) is 1.70. The molecule has 0 aliphatic heterocycles. The van der Waals surface area contributed by atoms with Gasteiger partial charge in [-0.3, -0.25) is 9.78 Å². The summed E-state index contributed by atoms with van der Waals surface area (Å²) in [5.41, 5.74) is 2.50.